The molecule has 0 spiro atoms. The van der Waals surface area contributed by atoms with E-state index < -0.39 is 5.97 Å². The Hall–Kier alpha value is -1.58. The van der Waals surface area contributed by atoms with Gasteiger partial charge < -0.3 is 9.84 Å². The Balaban J connectivity index is 3.65. The molecule has 0 aliphatic carbocycles. The fourth-order valence-electron chi connectivity index (χ4n) is 5.80. The average molecular weight is 619 g/mol. The summed E-state index contributed by atoms with van der Waals surface area (Å²) in [6.45, 7) is 4.47. The van der Waals surface area contributed by atoms with E-state index in [0.717, 1.165) is 64.2 Å². The van der Waals surface area contributed by atoms with E-state index in [0.29, 0.717) is 12.8 Å². The second-order valence-corrected chi connectivity index (χ2v) is 13.1. The van der Waals surface area contributed by atoms with E-state index in [2.05, 4.69) is 38.2 Å². The van der Waals surface area contributed by atoms with Crippen molar-refractivity contribution in [2.45, 2.75) is 219 Å². The molecule has 1 unspecified atom stereocenters. The SMILES string of the molecule is CCCCC/C=C\C/C=C\CCCCCCCCCCCCCC(=O)OC(CCCCC)CCCCCCCCCC(=O)O. The van der Waals surface area contributed by atoms with Gasteiger partial charge >= 0.3 is 11.9 Å². The van der Waals surface area contributed by atoms with Crippen LogP contribution in [0.15, 0.2) is 24.3 Å². The minimum absolute atomic E-state index is 0.00932. The number of rotatable bonds is 35. The second kappa shape index (κ2) is 35.9. The highest BCUT2D eigenvalue weighted by molar-refractivity contribution is 5.69. The molecule has 0 saturated heterocycles. The Kier molecular flexibility index (Phi) is 34.6. The van der Waals surface area contributed by atoms with E-state index in [1.165, 1.54) is 122 Å². The number of ether oxygens (including phenoxy) is 1. The standard InChI is InChI=1S/C40H74O4/c1-3-5-7-8-9-10-11-12-13-14-15-16-17-18-19-20-21-22-26-29-33-37-40(43)44-38(34-30-6-4-2)35-31-27-24-23-25-28-32-36-39(41)42/h9-10,12-13,38H,3-8,11,14-37H2,1-2H3,(H,41,42)/b10-9-,13-12-. The Labute approximate surface area is 274 Å². The van der Waals surface area contributed by atoms with Gasteiger partial charge in [-0.05, 0) is 70.6 Å². The van der Waals surface area contributed by atoms with Crippen molar-refractivity contribution in [2.75, 3.05) is 0 Å². The number of aliphatic carboxylic acids is 1. The van der Waals surface area contributed by atoms with Crippen LogP contribution in [-0.4, -0.2) is 23.1 Å². The Morgan fingerprint density at radius 3 is 1.39 bits per heavy atom. The summed E-state index contributed by atoms with van der Waals surface area (Å²) >= 11 is 0. The summed E-state index contributed by atoms with van der Waals surface area (Å²) in [6.07, 6.45) is 45.2. The van der Waals surface area contributed by atoms with E-state index in [1.807, 2.05) is 0 Å². The molecule has 0 aromatic carbocycles. The highest BCUT2D eigenvalue weighted by Gasteiger charge is 2.14. The molecule has 1 N–H and O–H groups in total. The van der Waals surface area contributed by atoms with Crippen molar-refractivity contribution in [3.63, 3.8) is 0 Å². The number of carbonyl (C=O) groups excluding carboxylic acids is 1. The maximum absolute atomic E-state index is 12.5. The highest BCUT2D eigenvalue weighted by Crippen LogP contribution is 2.18. The van der Waals surface area contributed by atoms with E-state index in [4.69, 9.17) is 9.84 Å². The summed E-state index contributed by atoms with van der Waals surface area (Å²) in [5.41, 5.74) is 0. The van der Waals surface area contributed by atoms with Crippen LogP contribution in [0.3, 0.4) is 0 Å². The number of carboxylic acid groups (broad SMARTS) is 1. The molecule has 0 amide bonds. The first-order chi connectivity index (χ1) is 21.6. The molecule has 0 radical (unpaired) electrons. The lowest BCUT2D eigenvalue weighted by molar-refractivity contribution is -0.150. The van der Waals surface area contributed by atoms with E-state index >= 15 is 0 Å². The molecule has 44 heavy (non-hydrogen) atoms. The number of esters is 1. The fourth-order valence-corrected chi connectivity index (χ4v) is 5.80. The molecule has 0 aliphatic rings. The topological polar surface area (TPSA) is 63.6 Å². The molecule has 258 valence electrons. The third-order valence-corrected chi connectivity index (χ3v) is 8.68. The fraction of sp³-hybridized carbons (Fsp3) is 0.850. The molecule has 1 atom stereocenters. The van der Waals surface area contributed by atoms with Gasteiger partial charge in [-0.1, -0.05) is 154 Å². The maximum atomic E-state index is 12.5. The summed E-state index contributed by atoms with van der Waals surface area (Å²) in [4.78, 5) is 23.1. The first-order valence-electron chi connectivity index (χ1n) is 19.3. The lowest BCUT2D eigenvalue weighted by Gasteiger charge is -2.18. The van der Waals surface area contributed by atoms with Gasteiger partial charge in [0.15, 0.2) is 0 Å². The lowest BCUT2D eigenvalue weighted by atomic mass is 10.0. The van der Waals surface area contributed by atoms with Gasteiger partial charge in [0.2, 0.25) is 0 Å². The summed E-state index contributed by atoms with van der Waals surface area (Å²) in [5.74, 6) is -0.679. The van der Waals surface area contributed by atoms with Crippen LogP contribution in [0.25, 0.3) is 0 Å². The van der Waals surface area contributed by atoms with Crippen LogP contribution < -0.4 is 0 Å². The molecule has 0 fully saturated rings. The van der Waals surface area contributed by atoms with Crippen LogP contribution >= 0.6 is 0 Å². The predicted octanol–water partition coefficient (Wildman–Crippen LogP) is 13.2. The summed E-state index contributed by atoms with van der Waals surface area (Å²) < 4.78 is 5.92. The van der Waals surface area contributed by atoms with Crippen molar-refractivity contribution in [1.29, 1.82) is 0 Å². The molecule has 0 aromatic heterocycles. The molecular formula is C40H74O4. The normalized spacial score (nSPS) is 12.4. The van der Waals surface area contributed by atoms with Crippen LogP contribution in [0.2, 0.25) is 0 Å². The van der Waals surface area contributed by atoms with Gasteiger partial charge in [0.05, 0.1) is 0 Å². The summed E-state index contributed by atoms with van der Waals surface area (Å²) in [6, 6.07) is 0. The van der Waals surface area contributed by atoms with Crippen LogP contribution in [0.1, 0.15) is 213 Å². The molecule has 0 rings (SSSR count). The van der Waals surface area contributed by atoms with Crippen LogP contribution in [0.5, 0.6) is 0 Å². The van der Waals surface area contributed by atoms with Gasteiger partial charge in [-0.3, -0.25) is 9.59 Å². The second-order valence-electron chi connectivity index (χ2n) is 13.1. The van der Waals surface area contributed by atoms with Crippen molar-refractivity contribution in [3.8, 4) is 0 Å². The highest BCUT2D eigenvalue weighted by atomic mass is 16.5. The molecule has 4 heteroatoms. The van der Waals surface area contributed by atoms with Crippen LogP contribution in [0, 0.1) is 0 Å². The molecule has 0 bridgehead atoms. The van der Waals surface area contributed by atoms with Gasteiger partial charge in [-0.25, -0.2) is 0 Å². The third-order valence-electron chi connectivity index (χ3n) is 8.68. The number of allylic oxidation sites excluding steroid dienone is 4. The zero-order valence-electron chi connectivity index (χ0n) is 29.5. The number of carboxylic acids is 1. The van der Waals surface area contributed by atoms with Crippen molar-refractivity contribution >= 4 is 11.9 Å². The van der Waals surface area contributed by atoms with Gasteiger partial charge in [0.25, 0.3) is 0 Å². The van der Waals surface area contributed by atoms with E-state index in [-0.39, 0.29) is 12.1 Å². The van der Waals surface area contributed by atoms with Crippen molar-refractivity contribution < 1.29 is 19.4 Å². The molecule has 0 heterocycles. The number of hydrogen-bond acceptors (Lipinski definition) is 3. The summed E-state index contributed by atoms with van der Waals surface area (Å²) in [7, 11) is 0. The largest absolute Gasteiger partial charge is 0.481 e. The van der Waals surface area contributed by atoms with Gasteiger partial charge in [-0.2, -0.15) is 0 Å². The van der Waals surface area contributed by atoms with Gasteiger partial charge in [0, 0.05) is 12.8 Å². The van der Waals surface area contributed by atoms with Gasteiger partial charge in [-0.15, -0.1) is 0 Å². The van der Waals surface area contributed by atoms with Crippen molar-refractivity contribution in [3.05, 3.63) is 24.3 Å². The van der Waals surface area contributed by atoms with E-state index in [1.54, 1.807) is 0 Å². The quantitative estimate of drug-likeness (QED) is 0.0436. The Morgan fingerprint density at radius 2 is 0.886 bits per heavy atom. The predicted molar refractivity (Wildman–Crippen MR) is 190 cm³/mol. The molecule has 0 saturated carbocycles. The number of hydrogen-bond donors (Lipinski definition) is 1. The minimum Gasteiger partial charge on any atom is -0.481 e. The zero-order valence-corrected chi connectivity index (χ0v) is 29.5. The first-order valence-corrected chi connectivity index (χ1v) is 19.3. The average Bonchev–Trinajstić information content (AvgIpc) is 3.00. The zero-order chi connectivity index (χ0) is 32.2. The monoisotopic (exact) mass is 619 g/mol. The van der Waals surface area contributed by atoms with Crippen LogP contribution in [0.4, 0.5) is 0 Å². The molecule has 0 aromatic rings. The maximum Gasteiger partial charge on any atom is 0.306 e. The first kappa shape index (κ1) is 42.4. The smallest absolute Gasteiger partial charge is 0.306 e. The Morgan fingerprint density at radius 1 is 0.500 bits per heavy atom. The van der Waals surface area contributed by atoms with Crippen molar-refractivity contribution in [1.82, 2.24) is 0 Å². The third kappa shape index (κ3) is 34.9. The molecule has 0 aliphatic heterocycles. The number of carbonyl (C=O) groups is 2. The van der Waals surface area contributed by atoms with Crippen LogP contribution in [-0.2, 0) is 14.3 Å². The lowest BCUT2D eigenvalue weighted by Crippen LogP contribution is -2.18. The van der Waals surface area contributed by atoms with E-state index in [9.17, 15) is 9.59 Å². The molecular weight excluding hydrogens is 544 g/mol. The van der Waals surface area contributed by atoms with Gasteiger partial charge in [0.1, 0.15) is 6.10 Å². The number of unbranched alkanes of at least 4 members (excludes halogenated alkanes) is 22. The summed E-state index contributed by atoms with van der Waals surface area (Å²) in [5, 5.41) is 8.71. The van der Waals surface area contributed by atoms with Crippen molar-refractivity contribution in [2.24, 2.45) is 0 Å². The Bertz CT molecular complexity index is 668. The minimum atomic E-state index is -0.688. The molecule has 4 nitrogen and oxygen atoms in total.